The minimum Gasteiger partial charge on any atom is -0.494 e. The van der Waals surface area contributed by atoms with Gasteiger partial charge in [-0.15, -0.1) is 0 Å². The molecule has 176 valence electrons. The summed E-state index contributed by atoms with van der Waals surface area (Å²) in [5.74, 6) is -2.71. The second kappa shape index (κ2) is 9.34. The molecule has 1 amide bonds. The lowest BCUT2D eigenvalue weighted by Gasteiger charge is -2.25. The predicted octanol–water partition coefficient (Wildman–Crippen LogP) is 4.50. The van der Waals surface area contributed by atoms with Crippen LogP contribution in [0.1, 0.15) is 63.6 Å². The number of amides is 1. The largest absolute Gasteiger partial charge is 0.494 e. The van der Waals surface area contributed by atoms with Gasteiger partial charge in [-0.3, -0.25) is 24.1 Å². The monoisotopic (exact) mass is 480 g/mol. The molecule has 2 atom stereocenters. The van der Waals surface area contributed by atoms with Crippen LogP contribution in [0.15, 0.2) is 40.8 Å². The lowest BCUT2D eigenvalue weighted by atomic mass is 9.88. The van der Waals surface area contributed by atoms with Crippen molar-refractivity contribution in [3.63, 3.8) is 0 Å². The van der Waals surface area contributed by atoms with E-state index in [1.807, 2.05) is 6.92 Å². The summed E-state index contributed by atoms with van der Waals surface area (Å²) in [4.78, 5) is 57.9. The molecule has 9 heteroatoms. The van der Waals surface area contributed by atoms with Crippen LogP contribution < -0.4 is 9.64 Å². The van der Waals surface area contributed by atoms with Gasteiger partial charge in [0.2, 0.25) is 11.6 Å². The van der Waals surface area contributed by atoms with Crippen LogP contribution in [-0.2, 0) is 9.59 Å². The Balaban J connectivity index is 1.85. The fourth-order valence-electron chi connectivity index (χ4n) is 4.02. The van der Waals surface area contributed by atoms with Gasteiger partial charge < -0.3 is 9.15 Å². The molecule has 3 heterocycles. The van der Waals surface area contributed by atoms with Crippen molar-refractivity contribution in [3.8, 4) is 5.75 Å². The number of carbonyl (C=O) groups excluding carboxylic acids is 4. The van der Waals surface area contributed by atoms with E-state index in [0.717, 1.165) is 17.8 Å². The van der Waals surface area contributed by atoms with E-state index in [4.69, 9.17) is 9.15 Å². The molecular weight excluding hydrogens is 456 g/mol. The number of thiazole rings is 1. The number of rotatable bonds is 8. The molecule has 3 aromatic rings. The molecule has 0 spiro atoms. The smallest absolute Gasteiger partial charge is 0.297 e. The van der Waals surface area contributed by atoms with Gasteiger partial charge in [-0.25, -0.2) is 4.98 Å². The number of ketones is 3. The Bertz CT molecular complexity index is 1290. The number of aromatic nitrogens is 1. The first-order chi connectivity index (χ1) is 16.2. The van der Waals surface area contributed by atoms with Crippen molar-refractivity contribution in [2.24, 2.45) is 5.92 Å². The molecule has 2 aromatic heterocycles. The third-order valence-electron chi connectivity index (χ3n) is 5.56. The number of carbonyl (C=O) groups is 4. The molecule has 34 heavy (non-hydrogen) atoms. The van der Waals surface area contributed by atoms with Gasteiger partial charge in [0.15, 0.2) is 16.7 Å². The molecule has 1 aliphatic rings. The van der Waals surface area contributed by atoms with Gasteiger partial charge in [0.25, 0.3) is 5.91 Å². The maximum atomic E-state index is 13.4. The molecule has 1 aliphatic heterocycles. The number of ether oxygens (including phenoxy) is 1. The average Bonchev–Trinajstić information content (AvgIpc) is 3.48. The molecule has 0 aliphatic carbocycles. The van der Waals surface area contributed by atoms with Gasteiger partial charge in [-0.1, -0.05) is 30.4 Å². The summed E-state index contributed by atoms with van der Waals surface area (Å²) in [5, 5.41) is 0.192. The van der Waals surface area contributed by atoms with Gasteiger partial charge >= 0.3 is 0 Å². The predicted molar refractivity (Wildman–Crippen MR) is 126 cm³/mol. The van der Waals surface area contributed by atoms with Gasteiger partial charge in [-0.05, 0) is 50.1 Å². The molecule has 1 fully saturated rings. The minimum atomic E-state index is -1.33. The second-order valence-corrected chi connectivity index (χ2v) is 9.10. The Hall–Kier alpha value is -3.59. The van der Waals surface area contributed by atoms with E-state index in [9.17, 15) is 19.2 Å². The first-order valence-electron chi connectivity index (χ1n) is 10.9. The number of furan rings is 1. The third kappa shape index (κ3) is 4.19. The van der Waals surface area contributed by atoms with Crippen molar-refractivity contribution in [1.82, 2.24) is 4.98 Å². The van der Waals surface area contributed by atoms with E-state index in [0.29, 0.717) is 34.3 Å². The van der Waals surface area contributed by atoms with Crippen LogP contribution in [0.4, 0.5) is 5.13 Å². The summed E-state index contributed by atoms with van der Waals surface area (Å²) < 4.78 is 11.2. The number of aryl methyl sites for hydroxylation is 2. The lowest BCUT2D eigenvalue weighted by Crippen LogP contribution is -2.30. The highest BCUT2D eigenvalue weighted by Gasteiger charge is 2.54. The number of hydrogen-bond acceptors (Lipinski definition) is 8. The Kier molecular flexibility index (Phi) is 6.47. The van der Waals surface area contributed by atoms with Crippen molar-refractivity contribution < 1.29 is 28.3 Å². The highest BCUT2D eigenvalue weighted by Crippen LogP contribution is 2.43. The summed E-state index contributed by atoms with van der Waals surface area (Å²) in [6.07, 6.45) is 0.807. The molecular formula is C25H24N2O6S. The van der Waals surface area contributed by atoms with Gasteiger partial charge in [-0.2, -0.15) is 0 Å². The Morgan fingerprint density at radius 1 is 1.18 bits per heavy atom. The van der Waals surface area contributed by atoms with E-state index in [1.54, 1.807) is 44.2 Å². The number of benzene rings is 1. The van der Waals surface area contributed by atoms with Crippen LogP contribution in [-0.4, -0.2) is 34.8 Å². The summed E-state index contributed by atoms with van der Waals surface area (Å²) in [6, 6.07) is 9.14. The SMILES string of the molecule is CCCOc1cccc(C2C(C(=O)c3ccc(C)o3)C(=O)C(=O)N2c2nc(C)c(C(C)=O)s2)c1. The van der Waals surface area contributed by atoms with Crippen molar-refractivity contribution in [3.05, 3.63) is 64.1 Å². The standard InChI is InChI=1S/C25H24N2O6S/c1-5-11-32-17-8-6-7-16(12-17)20-19(21(29)18-10-9-13(2)33-18)22(30)24(31)27(20)25-26-14(3)23(34-25)15(4)28/h6-10,12,19-20H,5,11H2,1-4H3. The zero-order chi connectivity index (χ0) is 24.6. The summed E-state index contributed by atoms with van der Waals surface area (Å²) >= 11 is 1.03. The summed E-state index contributed by atoms with van der Waals surface area (Å²) in [7, 11) is 0. The van der Waals surface area contributed by atoms with Crippen LogP contribution in [0.25, 0.3) is 0 Å². The van der Waals surface area contributed by atoms with Gasteiger partial charge in [0.05, 0.1) is 23.2 Å². The molecule has 0 saturated carbocycles. The van der Waals surface area contributed by atoms with Crippen LogP contribution in [0, 0.1) is 19.8 Å². The van der Waals surface area contributed by atoms with Crippen LogP contribution in [0.2, 0.25) is 0 Å². The zero-order valence-corrected chi connectivity index (χ0v) is 20.1. The highest BCUT2D eigenvalue weighted by atomic mass is 32.1. The van der Waals surface area contributed by atoms with Gasteiger partial charge in [0.1, 0.15) is 17.4 Å². The first kappa shape index (κ1) is 23.6. The number of anilines is 1. The Morgan fingerprint density at radius 2 is 1.94 bits per heavy atom. The van der Waals surface area contributed by atoms with E-state index in [1.165, 1.54) is 17.9 Å². The topological polar surface area (TPSA) is 107 Å². The molecule has 0 N–H and O–H groups in total. The lowest BCUT2D eigenvalue weighted by molar-refractivity contribution is -0.135. The Morgan fingerprint density at radius 3 is 2.56 bits per heavy atom. The molecule has 0 bridgehead atoms. The van der Waals surface area contributed by atoms with E-state index < -0.39 is 29.4 Å². The second-order valence-electron chi connectivity index (χ2n) is 8.12. The van der Waals surface area contributed by atoms with Crippen molar-refractivity contribution in [2.75, 3.05) is 11.5 Å². The minimum absolute atomic E-state index is 0.00799. The average molecular weight is 481 g/mol. The maximum absolute atomic E-state index is 13.4. The first-order valence-corrected chi connectivity index (χ1v) is 11.7. The van der Waals surface area contributed by atoms with Crippen molar-refractivity contribution in [2.45, 2.75) is 40.2 Å². The molecule has 8 nitrogen and oxygen atoms in total. The fourth-order valence-corrected chi connectivity index (χ4v) is 5.02. The normalized spacial score (nSPS) is 17.9. The quantitative estimate of drug-likeness (QED) is 0.265. The molecule has 2 unspecified atom stereocenters. The molecule has 1 aromatic carbocycles. The van der Waals surface area contributed by atoms with Crippen molar-refractivity contribution in [1.29, 1.82) is 0 Å². The fraction of sp³-hybridized carbons (Fsp3) is 0.320. The summed E-state index contributed by atoms with van der Waals surface area (Å²) in [6.45, 7) is 7.26. The van der Waals surface area contributed by atoms with Crippen LogP contribution in [0.5, 0.6) is 5.75 Å². The number of nitrogens with zero attached hydrogens (tertiary/aromatic N) is 2. The maximum Gasteiger partial charge on any atom is 0.297 e. The van der Waals surface area contributed by atoms with Crippen molar-refractivity contribution >= 4 is 39.7 Å². The zero-order valence-electron chi connectivity index (χ0n) is 19.3. The number of hydrogen-bond donors (Lipinski definition) is 0. The molecule has 4 rings (SSSR count). The molecule has 1 saturated heterocycles. The summed E-state index contributed by atoms with van der Waals surface area (Å²) in [5.41, 5.74) is 1.01. The highest BCUT2D eigenvalue weighted by molar-refractivity contribution is 7.18. The Labute approximate surface area is 200 Å². The van der Waals surface area contributed by atoms with E-state index >= 15 is 0 Å². The van der Waals surface area contributed by atoms with Crippen LogP contribution >= 0.6 is 11.3 Å². The van der Waals surface area contributed by atoms with Gasteiger partial charge in [0, 0.05) is 6.92 Å². The third-order valence-corrected chi connectivity index (χ3v) is 6.81. The van der Waals surface area contributed by atoms with E-state index in [2.05, 4.69) is 4.98 Å². The molecule has 0 radical (unpaired) electrons. The number of Topliss-reactive ketones (excluding diaryl/α,β-unsaturated/α-hetero) is 3. The van der Waals surface area contributed by atoms with E-state index in [-0.39, 0.29) is 16.7 Å². The van der Waals surface area contributed by atoms with Crippen LogP contribution in [0.3, 0.4) is 0 Å².